The highest BCUT2D eigenvalue weighted by molar-refractivity contribution is 5.94. The summed E-state index contributed by atoms with van der Waals surface area (Å²) in [5, 5.41) is 3.16. The summed E-state index contributed by atoms with van der Waals surface area (Å²) in [4.78, 5) is 15.9. The lowest BCUT2D eigenvalue weighted by Gasteiger charge is -2.36. The molecule has 0 fully saturated rings. The van der Waals surface area contributed by atoms with Gasteiger partial charge in [-0.1, -0.05) is 25.1 Å². The summed E-state index contributed by atoms with van der Waals surface area (Å²) in [5.74, 6) is 0.429. The van der Waals surface area contributed by atoms with Gasteiger partial charge in [0.25, 0.3) is 0 Å². The number of carbonyl (C=O) groups is 1. The van der Waals surface area contributed by atoms with Crippen molar-refractivity contribution in [3.8, 4) is 0 Å². The van der Waals surface area contributed by atoms with Crippen molar-refractivity contribution in [2.45, 2.75) is 13.5 Å². The molecule has 1 aromatic carbocycles. The van der Waals surface area contributed by atoms with Crippen molar-refractivity contribution in [1.82, 2.24) is 10.2 Å². The van der Waals surface area contributed by atoms with Crippen LogP contribution in [0.4, 0.5) is 10.5 Å². The highest BCUT2D eigenvalue weighted by atomic mass is 16.2. The lowest BCUT2D eigenvalue weighted by atomic mass is 10.1. The van der Waals surface area contributed by atoms with E-state index < -0.39 is 0 Å². The Labute approximate surface area is 109 Å². The number of urea groups is 1. The van der Waals surface area contributed by atoms with Gasteiger partial charge in [0.05, 0.1) is 5.69 Å². The number of anilines is 1. The van der Waals surface area contributed by atoms with Crippen LogP contribution in [0.15, 0.2) is 24.3 Å². The summed E-state index contributed by atoms with van der Waals surface area (Å²) >= 11 is 0. The van der Waals surface area contributed by atoms with Gasteiger partial charge in [0.15, 0.2) is 0 Å². The molecule has 1 N–H and O–H groups in total. The van der Waals surface area contributed by atoms with Gasteiger partial charge in [-0.15, -0.1) is 0 Å². The second kappa shape index (κ2) is 5.40. The monoisotopic (exact) mass is 247 g/mol. The normalized spacial score (nSPS) is 16.7. The first-order valence-corrected chi connectivity index (χ1v) is 6.38. The lowest BCUT2D eigenvalue weighted by molar-refractivity contribution is 0.209. The minimum Gasteiger partial charge on any atom is -0.323 e. The van der Waals surface area contributed by atoms with Crippen LogP contribution in [0.5, 0.6) is 0 Å². The number of para-hydroxylation sites is 1. The third-order valence-electron chi connectivity index (χ3n) is 3.29. The van der Waals surface area contributed by atoms with Crippen LogP contribution in [0.1, 0.15) is 12.5 Å². The molecular weight excluding hydrogens is 226 g/mol. The molecule has 1 heterocycles. The minimum atomic E-state index is 0.0941. The van der Waals surface area contributed by atoms with E-state index in [4.69, 9.17) is 0 Å². The number of fused-ring (bicyclic) bond motifs is 1. The minimum absolute atomic E-state index is 0.0941. The topological polar surface area (TPSA) is 35.6 Å². The van der Waals surface area contributed by atoms with Crippen LogP contribution >= 0.6 is 0 Å². The predicted octanol–water partition coefficient (Wildman–Crippen LogP) is 1.91. The van der Waals surface area contributed by atoms with Crippen molar-refractivity contribution in [3.05, 3.63) is 29.8 Å². The van der Waals surface area contributed by atoms with E-state index in [2.05, 4.69) is 18.3 Å². The summed E-state index contributed by atoms with van der Waals surface area (Å²) in [6.07, 6.45) is 0. The molecule has 0 spiro atoms. The zero-order valence-electron chi connectivity index (χ0n) is 11.3. The maximum absolute atomic E-state index is 12.3. The van der Waals surface area contributed by atoms with Gasteiger partial charge in [-0.3, -0.25) is 4.90 Å². The molecule has 2 amide bonds. The Bertz CT molecular complexity index is 433. The second-order valence-corrected chi connectivity index (χ2v) is 5.04. The number of hydrogen-bond acceptors (Lipinski definition) is 2. The van der Waals surface area contributed by atoms with Gasteiger partial charge in [-0.2, -0.15) is 0 Å². The fourth-order valence-corrected chi connectivity index (χ4v) is 2.44. The quantitative estimate of drug-likeness (QED) is 0.882. The first kappa shape index (κ1) is 12.9. The third kappa shape index (κ3) is 2.48. The SMILES string of the molecule is CNCC(C)CN1C(=O)N(C)Cc2ccccc21. The van der Waals surface area contributed by atoms with Crippen LogP contribution in [0.2, 0.25) is 0 Å². The van der Waals surface area contributed by atoms with Crippen LogP contribution in [0.3, 0.4) is 0 Å². The Balaban J connectivity index is 2.24. The Hall–Kier alpha value is -1.55. The molecule has 1 aromatic rings. The average Bonchev–Trinajstić information content (AvgIpc) is 2.35. The molecule has 4 heteroatoms. The predicted molar refractivity (Wildman–Crippen MR) is 73.7 cm³/mol. The maximum atomic E-state index is 12.3. The molecule has 1 aliphatic heterocycles. The standard InChI is InChI=1S/C14H21N3O/c1-11(8-15-2)9-17-13-7-5-4-6-12(13)10-16(3)14(17)18/h4-7,11,15H,8-10H2,1-3H3. The number of nitrogens with one attached hydrogen (secondary N) is 1. The van der Waals surface area contributed by atoms with E-state index in [1.807, 2.05) is 37.2 Å². The molecule has 0 radical (unpaired) electrons. The van der Waals surface area contributed by atoms with E-state index in [0.29, 0.717) is 12.5 Å². The highest BCUT2D eigenvalue weighted by Gasteiger charge is 2.28. The van der Waals surface area contributed by atoms with E-state index in [0.717, 1.165) is 18.8 Å². The fourth-order valence-electron chi connectivity index (χ4n) is 2.44. The van der Waals surface area contributed by atoms with Crippen LogP contribution in [-0.4, -0.2) is 38.1 Å². The molecule has 0 saturated carbocycles. The summed E-state index contributed by atoms with van der Waals surface area (Å²) in [5.41, 5.74) is 2.28. The van der Waals surface area contributed by atoms with Gasteiger partial charge >= 0.3 is 6.03 Å². The first-order valence-electron chi connectivity index (χ1n) is 6.38. The molecule has 18 heavy (non-hydrogen) atoms. The largest absolute Gasteiger partial charge is 0.324 e. The Morgan fingerprint density at radius 2 is 2.11 bits per heavy atom. The number of nitrogens with zero attached hydrogens (tertiary/aromatic N) is 2. The molecule has 0 saturated heterocycles. The van der Waals surface area contributed by atoms with Gasteiger partial charge in [0, 0.05) is 20.1 Å². The molecule has 1 atom stereocenters. The maximum Gasteiger partial charge on any atom is 0.324 e. The zero-order chi connectivity index (χ0) is 13.1. The van der Waals surface area contributed by atoms with Gasteiger partial charge in [-0.05, 0) is 31.1 Å². The number of benzene rings is 1. The van der Waals surface area contributed by atoms with Gasteiger partial charge < -0.3 is 10.2 Å². The number of amides is 2. The van der Waals surface area contributed by atoms with E-state index in [1.165, 1.54) is 5.56 Å². The lowest BCUT2D eigenvalue weighted by Crippen LogP contribution is -2.47. The highest BCUT2D eigenvalue weighted by Crippen LogP contribution is 2.28. The van der Waals surface area contributed by atoms with Crippen molar-refractivity contribution in [1.29, 1.82) is 0 Å². The Morgan fingerprint density at radius 1 is 1.39 bits per heavy atom. The fraction of sp³-hybridized carbons (Fsp3) is 0.500. The van der Waals surface area contributed by atoms with Crippen molar-refractivity contribution in [2.75, 3.05) is 32.1 Å². The molecule has 0 aliphatic carbocycles. The van der Waals surface area contributed by atoms with E-state index >= 15 is 0 Å². The molecule has 1 aliphatic rings. The third-order valence-corrected chi connectivity index (χ3v) is 3.29. The molecule has 2 rings (SSSR count). The first-order chi connectivity index (χ1) is 8.63. The summed E-state index contributed by atoms with van der Waals surface area (Å²) in [6, 6.07) is 8.24. The second-order valence-electron chi connectivity index (χ2n) is 5.04. The van der Waals surface area contributed by atoms with Crippen molar-refractivity contribution < 1.29 is 4.79 Å². The summed E-state index contributed by atoms with van der Waals surface area (Å²) in [7, 11) is 3.79. The average molecular weight is 247 g/mol. The van der Waals surface area contributed by atoms with E-state index in [1.54, 1.807) is 4.90 Å². The smallest absolute Gasteiger partial charge is 0.323 e. The Kier molecular flexibility index (Phi) is 3.87. The van der Waals surface area contributed by atoms with Crippen LogP contribution in [0.25, 0.3) is 0 Å². The summed E-state index contributed by atoms with van der Waals surface area (Å²) in [6.45, 7) is 4.52. The number of carbonyl (C=O) groups excluding carboxylic acids is 1. The molecule has 98 valence electrons. The van der Waals surface area contributed by atoms with Crippen molar-refractivity contribution in [2.24, 2.45) is 5.92 Å². The van der Waals surface area contributed by atoms with Gasteiger partial charge in [0.2, 0.25) is 0 Å². The molecule has 0 aromatic heterocycles. The molecule has 1 unspecified atom stereocenters. The van der Waals surface area contributed by atoms with E-state index in [-0.39, 0.29) is 6.03 Å². The van der Waals surface area contributed by atoms with E-state index in [9.17, 15) is 4.79 Å². The number of rotatable bonds is 4. The van der Waals surface area contributed by atoms with Crippen LogP contribution < -0.4 is 10.2 Å². The molecule has 4 nitrogen and oxygen atoms in total. The van der Waals surface area contributed by atoms with Gasteiger partial charge in [0.1, 0.15) is 0 Å². The summed E-state index contributed by atoms with van der Waals surface area (Å²) < 4.78 is 0. The molecular formula is C14H21N3O. The van der Waals surface area contributed by atoms with Crippen molar-refractivity contribution in [3.63, 3.8) is 0 Å². The Morgan fingerprint density at radius 3 is 2.83 bits per heavy atom. The molecule has 0 bridgehead atoms. The van der Waals surface area contributed by atoms with Crippen LogP contribution in [-0.2, 0) is 6.54 Å². The number of hydrogen-bond donors (Lipinski definition) is 1. The van der Waals surface area contributed by atoms with Crippen molar-refractivity contribution >= 4 is 11.7 Å². The van der Waals surface area contributed by atoms with Gasteiger partial charge in [-0.25, -0.2) is 4.79 Å². The zero-order valence-corrected chi connectivity index (χ0v) is 11.3. The van der Waals surface area contributed by atoms with Crippen LogP contribution in [0, 0.1) is 5.92 Å².